The molecule has 5 heteroatoms. The van der Waals surface area contributed by atoms with Gasteiger partial charge in [0.15, 0.2) is 5.13 Å². The SMILES string of the molecule is CCc1nc(N2CCCC2C)sc1CNCCOC. The van der Waals surface area contributed by atoms with Crippen molar-refractivity contribution in [1.29, 1.82) is 0 Å². The van der Waals surface area contributed by atoms with E-state index in [0.717, 1.165) is 32.7 Å². The molecule has 1 atom stereocenters. The van der Waals surface area contributed by atoms with Crippen molar-refractivity contribution in [3.8, 4) is 0 Å². The summed E-state index contributed by atoms with van der Waals surface area (Å²) in [6.45, 7) is 8.21. The van der Waals surface area contributed by atoms with Crippen LogP contribution in [-0.4, -0.2) is 37.8 Å². The van der Waals surface area contributed by atoms with Crippen molar-refractivity contribution in [2.75, 3.05) is 31.7 Å². The highest BCUT2D eigenvalue weighted by molar-refractivity contribution is 7.15. The van der Waals surface area contributed by atoms with E-state index in [1.54, 1.807) is 7.11 Å². The van der Waals surface area contributed by atoms with Gasteiger partial charge in [0.25, 0.3) is 0 Å². The first kappa shape index (κ1) is 14.8. The third-order valence-corrected chi connectivity index (χ3v) is 4.80. The molecule has 0 radical (unpaired) electrons. The Morgan fingerprint density at radius 2 is 2.37 bits per heavy atom. The molecule has 0 saturated carbocycles. The Balaban J connectivity index is 2.00. The van der Waals surface area contributed by atoms with E-state index in [-0.39, 0.29) is 0 Å². The van der Waals surface area contributed by atoms with Gasteiger partial charge >= 0.3 is 0 Å². The van der Waals surface area contributed by atoms with E-state index in [1.165, 1.54) is 28.5 Å². The fourth-order valence-electron chi connectivity index (χ4n) is 2.50. The summed E-state index contributed by atoms with van der Waals surface area (Å²) >= 11 is 1.85. The maximum atomic E-state index is 5.05. The summed E-state index contributed by atoms with van der Waals surface area (Å²) in [6, 6.07) is 0.644. The van der Waals surface area contributed by atoms with Crippen LogP contribution < -0.4 is 10.2 Å². The zero-order chi connectivity index (χ0) is 13.7. The van der Waals surface area contributed by atoms with Crippen molar-refractivity contribution in [3.05, 3.63) is 10.6 Å². The number of hydrogen-bond donors (Lipinski definition) is 1. The molecule has 1 aromatic heterocycles. The molecule has 1 aromatic rings. The van der Waals surface area contributed by atoms with Crippen LogP contribution in [0, 0.1) is 0 Å². The Bertz CT molecular complexity index is 394. The average Bonchev–Trinajstić information content (AvgIpc) is 3.00. The Kier molecular flexibility index (Phi) is 5.60. The summed E-state index contributed by atoms with van der Waals surface area (Å²) in [4.78, 5) is 8.68. The Morgan fingerprint density at radius 3 is 3.00 bits per heavy atom. The van der Waals surface area contributed by atoms with Gasteiger partial charge in [-0.05, 0) is 26.2 Å². The zero-order valence-corrected chi connectivity index (χ0v) is 13.1. The number of hydrogen-bond acceptors (Lipinski definition) is 5. The maximum Gasteiger partial charge on any atom is 0.186 e. The molecule has 1 fully saturated rings. The summed E-state index contributed by atoms with van der Waals surface area (Å²) < 4.78 is 5.05. The fourth-order valence-corrected chi connectivity index (χ4v) is 3.75. The van der Waals surface area contributed by atoms with Gasteiger partial charge < -0.3 is 15.0 Å². The van der Waals surface area contributed by atoms with Crippen LogP contribution in [0.25, 0.3) is 0 Å². The third kappa shape index (κ3) is 3.68. The van der Waals surface area contributed by atoms with Gasteiger partial charge in [0, 0.05) is 37.7 Å². The van der Waals surface area contributed by atoms with Crippen LogP contribution in [-0.2, 0) is 17.7 Å². The topological polar surface area (TPSA) is 37.4 Å². The van der Waals surface area contributed by atoms with E-state index in [0.29, 0.717) is 6.04 Å². The van der Waals surface area contributed by atoms with E-state index in [1.807, 2.05) is 11.3 Å². The largest absolute Gasteiger partial charge is 0.383 e. The molecule has 1 aliphatic heterocycles. The molecule has 19 heavy (non-hydrogen) atoms. The summed E-state index contributed by atoms with van der Waals surface area (Å²) in [5.41, 5.74) is 1.25. The van der Waals surface area contributed by atoms with Crippen molar-refractivity contribution >= 4 is 16.5 Å². The first-order valence-electron chi connectivity index (χ1n) is 7.21. The standard InChI is InChI=1S/C14H25N3OS/c1-4-12-13(10-15-7-9-18-3)19-14(16-12)17-8-5-6-11(17)2/h11,15H,4-10H2,1-3H3. The van der Waals surface area contributed by atoms with Gasteiger partial charge in [-0.15, -0.1) is 11.3 Å². The van der Waals surface area contributed by atoms with E-state index in [9.17, 15) is 0 Å². The van der Waals surface area contributed by atoms with Crippen LogP contribution in [0.15, 0.2) is 0 Å². The number of aromatic nitrogens is 1. The lowest BCUT2D eigenvalue weighted by Crippen LogP contribution is -2.25. The molecule has 1 unspecified atom stereocenters. The predicted molar refractivity (Wildman–Crippen MR) is 81.1 cm³/mol. The Hall–Kier alpha value is -0.650. The maximum absolute atomic E-state index is 5.05. The van der Waals surface area contributed by atoms with E-state index in [4.69, 9.17) is 9.72 Å². The van der Waals surface area contributed by atoms with Crippen molar-refractivity contribution in [2.45, 2.75) is 45.7 Å². The van der Waals surface area contributed by atoms with Gasteiger partial charge in [-0.2, -0.15) is 0 Å². The smallest absolute Gasteiger partial charge is 0.186 e. The number of nitrogens with zero attached hydrogens (tertiary/aromatic N) is 2. The van der Waals surface area contributed by atoms with Crippen molar-refractivity contribution in [2.24, 2.45) is 0 Å². The first-order valence-corrected chi connectivity index (χ1v) is 8.02. The number of thiazole rings is 1. The fraction of sp³-hybridized carbons (Fsp3) is 0.786. The molecule has 108 valence electrons. The van der Waals surface area contributed by atoms with E-state index >= 15 is 0 Å². The molecule has 2 rings (SSSR count). The lowest BCUT2D eigenvalue weighted by molar-refractivity contribution is 0.199. The van der Waals surface area contributed by atoms with E-state index < -0.39 is 0 Å². The summed E-state index contributed by atoms with van der Waals surface area (Å²) in [6.07, 6.45) is 3.60. The second-order valence-corrected chi connectivity index (χ2v) is 6.14. The number of rotatable bonds is 7. The van der Waals surface area contributed by atoms with Crippen LogP contribution in [0.2, 0.25) is 0 Å². The minimum Gasteiger partial charge on any atom is -0.383 e. The van der Waals surface area contributed by atoms with Gasteiger partial charge in [0.2, 0.25) is 0 Å². The van der Waals surface area contributed by atoms with Gasteiger partial charge in [-0.3, -0.25) is 0 Å². The van der Waals surface area contributed by atoms with Crippen LogP contribution >= 0.6 is 11.3 Å². The molecule has 1 N–H and O–H groups in total. The second-order valence-electron chi connectivity index (χ2n) is 5.07. The summed E-state index contributed by atoms with van der Waals surface area (Å²) in [5, 5.41) is 4.63. The van der Waals surface area contributed by atoms with E-state index in [2.05, 4.69) is 24.1 Å². The monoisotopic (exact) mass is 283 g/mol. The second kappa shape index (κ2) is 7.22. The highest BCUT2D eigenvalue weighted by atomic mass is 32.1. The lowest BCUT2D eigenvalue weighted by Gasteiger charge is -2.19. The molecule has 0 bridgehead atoms. The van der Waals surface area contributed by atoms with Crippen LogP contribution in [0.3, 0.4) is 0 Å². The highest BCUT2D eigenvalue weighted by Crippen LogP contribution is 2.31. The molecule has 0 spiro atoms. The summed E-state index contributed by atoms with van der Waals surface area (Å²) in [5.74, 6) is 0. The van der Waals surface area contributed by atoms with Crippen molar-refractivity contribution in [3.63, 3.8) is 0 Å². The molecule has 2 heterocycles. The van der Waals surface area contributed by atoms with Crippen LogP contribution in [0.1, 0.15) is 37.3 Å². The highest BCUT2D eigenvalue weighted by Gasteiger charge is 2.24. The molecule has 1 saturated heterocycles. The van der Waals surface area contributed by atoms with Crippen molar-refractivity contribution < 1.29 is 4.74 Å². The minimum atomic E-state index is 0.644. The number of nitrogens with one attached hydrogen (secondary N) is 1. The quantitative estimate of drug-likeness (QED) is 0.780. The van der Waals surface area contributed by atoms with Crippen molar-refractivity contribution in [1.82, 2.24) is 10.3 Å². The van der Waals surface area contributed by atoms with Crippen LogP contribution in [0.5, 0.6) is 0 Å². The lowest BCUT2D eigenvalue weighted by atomic mass is 10.2. The minimum absolute atomic E-state index is 0.644. The Labute approximate surface area is 120 Å². The number of anilines is 1. The number of ether oxygens (including phenoxy) is 1. The molecule has 0 aromatic carbocycles. The average molecular weight is 283 g/mol. The molecule has 0 amide bonds. The van der Waals surface area contributed by atoms with Gasteiger partial charge in [0.05, 0.1) is 12.3 Å². The molecule has 1 aliphatic rings. The number of methoxy groups -OCH3 is 1. The number of aryl methyl sites for hydroxylation is 1. The first-order chi connectivity index (χ1) is 9.26. The van der Waals surface area contributed by atoms with Gasteiger partial charge in [-0.25, -0.2) is 4.98 Å². The summed E-state index contributed by atoms with van der Waals surface area (Å²) in [7, 11) is 1.73. The molecular formula is C14H25N3OS. The third-order valence-electron chi connectivity index (χ3n) is 3.67. The van der Waals surface area contributed by atoms with Gasteiger partial charge in [0.1, 0.15) is 0 Å². The Morgan fingerprint density at radius 1 is 1.53 bits per heavy atom. The molecule has 4 nitrogen and oxygen atoms in total. The molecular weight excluding hydrogens is 258 g/mol. The predicted octanol–water partition coefficient (Wildman–Crippen LogP) is 2.43. The molecule has 0 aliphatic carbocycles. The normalized spacial score (nSPS) is 19.3. The van der Waals surface area contributed by atoms with Gasteiger partial charge in [-0.1, -0.05) is 6.92 Å². The zero-order valence-electron chi connectivity index (χ0n) is 12.2. The van der Waals surface area contributed by atoms with Crippen LogP contribution in [0.4, 0.5) is 5.13 Å².